The van der Waals surface area contributed by atoms with Crippen molar-refractivity contribution in [3.05, 3.63) is 28.8 Å². The summed E-state index contributed by atoms with van der Waals surface area (Å²) in [6.07, 6.45) is 0.191. The summed E-state index contributed by atoms with van der Waals surface area (Å²) >= 11 is 10.9. The van der Waals surface area contributed by atoms with E-state index in [1.165, 1.54) is 0 Å². The van der Waals surface area contributed by atoms with Crippen LogP contribution in [0.25, 0.3) is 0 Å². The lowest BCUT2D eigenvalue weighted by Crippen LogP contribution is -2.36. The van der Waals surface area contributed by atoms with E-state index in [4.69, 9.17) is 35.3 Å². The number of hydrogen-bond acceptors (Lipinski definition) is 3. The minimum Gasteiger partial charge on any atom is -0.389 e. The van der Waals surface area contributed by atoms with Crippen LogP contribution in [-0.2, 0) is 4.79 Å². The molecule has 18 heavy (non-hydrogen) atoms. The Morgan fingerprint density at radius 1 is 1.44 bits per heavy atom. The number of thiocarbonyl (C=S) groups is 1. The molecule has 0 saturated carbocycles. The van der Waals surface area contributed by atoms with E-state index in [1.54, 1.807) is 18.2 Å². The number of amides is 1. The van der Waals surface area contributed by atoms with Gasteiger partial charge in [-0.2, -0.15) is 0 Å². The molecule has 4 nitrogen and oxygen atoms in total. The highest BCUT2D eigenvalue weighted by atomic mass is 35.5. The van der Waals surface area contributed by atoms with Crippen molar-refractivity contribution in [1.29, 1.82) is 0 Å². The molecule has 0 aliphatic heterocycles. The Bertz CT molecular complexity index is 488. The van der Waals surface area contributed by atoms with Crippen LogP contribution in [0.3, 0.4) is 0 Å². The second-order valence-electron chi connectivity index (χ2n) is 4.71. The highest BCUT2D eigenvalue weighted by Gasteiger charge is 2.22. The largest absolute Gasteiger partial charge is 0.389 e. The molecule has 1 rings (SSSR count). The first kappa shape index (κ1) is 14.7. The first-order valence-corrected chi connectivity index (χ1v) is 6.16. The van der Waals surface area contributed by atoms with Crippen LogP contribution < -0.4 is 16.8 Å². The van der Waals surface area contributed by atoms with E-state index in [9.17, 15) is 4.79 Å². The van der Waals surface area contributed by atoms with Gasteiger partial charge in [-0.25, -0.2) is 0 Å². The van der Waals surface area contributed by atoms with Gasteiger partial charge in [-0.15, -0.1) is 0 Å². The van der Waals surface area contributed by atoms with Crippen molar-refractivity contribution in [2.75, 3.05) is 5.32 Å². The van der Waals surface area contributed by atoms with Gasteiger partial charge in [0.2, 0.25) is 5.91 Å². The van der Waals surface area contributed by atoms with Crippen LogP contribution in [0.5, 0.6) is 0 Å². The number of nitrogens with one attached hydrogen (secondary N) is 1. The summed E-state index contributed by atoms with van der Waals surface area (Å²) in [5.41, 5.74) is 11.7. The summed E-state index contributed by atoms with van der Waals surface area (Å²) in [6, 6.07) is 5.18. The lowest BCUT2D eigenvalue weighted by molar-refractivity contribution is -0.118. The molecular formula is C12H16ClN3OS. The lowest BCUT2D eigenvalue weighted by Gasteiger charge is -2.27. The number of primary amides is 1. The van der Waals surface area contributed by atoms with Gasteiger partial charge in [0.25, 0.3) is 0 Å². The number of benzene rings is 1. The molecule has 5 N–H and O–H groups in total. The van der Waals surface area contributed by atoms with E-state index in [0.717, 1.165) is 0 Å². The van der Waals surface area contributed by atoms with Crippen molar-refractivity contribution >= 4 is 40.4 Å². The normalized spacial score (nSPS) is 11.1. The fourth-order valence-electron chi connectivity index (χ4n) is 1.68. The van der Waals surface area contributed by atoms with Crippen molar-refractivity contribution in [2.24, 2.45) is 11.5 Å². The zero-order chi connectivity index (χ0) is 13.9. The second-order valence-corrected chi connectivity index (χ2v) is 5.58. The molecule has 1 aromatic carbocycles. The topological polar surface area (TPSA) is 81.1 Å². The van der Waals surface area contributed by atoms with Crippen LogP contribution in [0.1, 0.15) is 25.8 Å². The second kappa shape index (κ2) is 5.54. The molecule has 6 heteroatoms. The predicted octanol–water partition coefficient (Wildman–Crippen LogP) is 2.04. The van der Waals surface area contributed by atoms with Crippen molar-refractivity contribution in [1.82, 2.24) is 0 Å². The molecular weight excluding hydrogens is 270 g/mol. The molecule has 0 aliphatic rings. The number of anilines is 1. The lowest BCUT2D eigenvalue weighted by atomic mass is 9.99. The molecule has 0 saturated heterocycles. The molecule has 0 unspecified atom stereocenters. The summed E-state index contributed by atoms with van der Waals surface area (Å²) in [5, 5.41) is 3.75. The smallest absolute Gasteiger partial charge is 0.219 e. The molecule has 0 bridgehead atoms. The Hall–Kier alpha value is -1.33. The molecule has 0 spiro atoms. The van der Waals surface area contributed by atoms with Crippen molar-refractivity contribution in [3.8, 4) is 0 Å². The number of nitrogens with two attached hydrogens (primary N) is 2. The third-order valence-corrected chi connectivity index (χ3v) is 2.79. The number of carbonyl (C=O) groups excluding carboxylic acids is 1. The predicted molar refractivity (Wildman–Crippen MR) is 78.9 cm³/mol. The zero-order valence-electron chi connectivity index (χ0n) is 10.3. The summed E-state index contributed by atoms with van der Waals surface area (Å²) in [4.78, 5) is 11.3. The average Bonchev–Trinajstić information content (AvgIpc) is 2.13. The van der Waals surface area contributed by atoms with Gasteiger partial charge in [-0.3, -0.25) is 4.79 Å². The summed E-state index contributed by atoms with van der Waals surface area (Å²) in [6.45, 7) is 3.73. The van der Waals surface area contributed by atoms with E-state index in [0.29, 0.717) is 16.3 Å². The maximum atomic E-state index is 11.0. The van der Waals surface area contributed by atoms with E-state index in [-0.39, 0.29) is 17.3 Å². The Morgan fingerprint density at radius 3 is 2.56 bits per heavy atom. The van der Waals surface area contributed by atoms with Crippen molar-refractivity contribution in [2.45, 2.75) is 25.8 Å². The van der Waals surface area contributed by atoms with Gasteiger partial charge in [0, 0.05) is 28.2 Å². The summed E-state index contributed by atoms with van der Waals surface area (Å²) in [7, 11) is 0. The quantitative estimate of drug-likeness (QED) is 0.723. The Balaban J connectivity index is 3.05. The van der Waals surface area contributed by atoms with Gasteiger partial charge in [0.05, 0.1) is 0 Å². The average molecular weight is 286 g/mol. The van der Waals surface area contributed by atoms with Crippen LogP contribution >= 0.6 is 23.8 Å². The molecule has 0 radical (unpaired) electrons. The first-order valence-electron chi connectivity index (χ1n) is 5.37. The van der Waals surface area contributed by atoms with E-state index in [1.807, 2.05) is 13.8 Å². The van der Waals surface area contributed by atoms with Crippen LogP contribution in [0, 0.1) is 0 Å². The molecule has 0 fully saturated rings. The maximum Gasteiger partial charge on any atom is 0.219 e. The standard InChI is InChI=1S/C12H16ClN3OS/c1-12(2,6-10(14)17)16-9-5-7(13)3-4-8(9)11(15)18/h3-5,16H,6H2,1-2H3,(H2,14,17)(H2,15,18). The SMILES string of the molecule is CC(C)(CC(N)=O)Nc1cc(Cl)ccc1C(N)=S. The van der Waals surface area contributed by atoms with Crippen LogP contribution in [0.2, 0.25) is 5.02 Å². The highest BCUT2D eigenvalue weighted by Crippen LogP contribution is 2.25. The molecule has 0 aromatic heterocycles. The third kappa shape index (κ3) is 4.16. The van der Waals surface area contributed by atoms with Crippen molar-refractivity contribution < 1.29 is 4.79 Å². The number of rotatable bonds is 5. The number of carbonyl (C=O) groups is 1. The molecule has 0 heterocycles. The Morgan fingerprint density at radius 2 is 2.06 bits per heavy atom. The van der Waals surface area contributed by atoms with Crippen molar-refractivity contribution in [3.63, 3.8) is 0 Å². The fourth-order valence-corrected chi connectivity index (χ4v) is 2.03. The Kier molecular flexibility index (Phi) is 4.53. The van der Waals surface area contributed by atoms with Gasteiger partial charge < -0.3 is 16.8 Å². The van der Waals surface area contributed by atoms with E-state index >= 15 is 0 Å². The highest BCUT2D eigenvalue weighted by molar-refractivity contribution is 7.80. The minimum atomic E-state index is -0.504. The van der Waals surface area contributed by atoms with Gasteiger partial charge in [0.15, 0.2) is 0 Å². The van der Waals surface area contributed by atoms with Gasteiger partial charge in [-0.05, 0) is 32.0 Å². The minimum absolute atomic E-state index is 0.191. The summed E-state index contributed by atoms with van der Waals surface area (Å²) in [5.74, 6) is -0.383. The molecule has 0 atom stereocenters. The fraction of sp³-hybridized carbons (Fsp3) is 0.333. The van der Waals surface area contributed by atoms with Crippen LogP contribution in [0.15, 0.2) is 18.2 Å². The van der Waals surface area contributed by atoms with Crippen LogP contribution in [-0.4, -0.2) is 16.4 Å². The first-order chi connectivity index (χ1) is 8.21. The summed E-state index contributed by atoms with van der Waals surface area (Å²) < 4.78 is 0. The zero-order valence-corrected chi connectivity index (χ0v) is 11.9. The van der Waals surface area contributed by atoms with E-state index in [2.05, 4.69) is 5.32 Å². The molecule has 0 aliphatic carbocycles. The molecule has 98 valence electrons. The van der Waals surface area contributed by atoms with Crippen LogP contribution in [0.4, 0.5) is 5.69 Å². The van der Waals surface area contributed by atoms with E-state index < -0.39 is 5.54 Å². The Labute approximate surface area is 117 Å². The number of halogens is 1. The monoisotopic (exact) mass is 285 g/mol. The molecule has 1 amide bonds. The van der Waals surface area contributed by atoms with Gasteiger partial charge in [0.1, 0.15) is 4.99 Å². The maximum absolute atomic E-state index is 11.0. The third-order valence-electron chi connectivity index (χ3n) is 2.34. The molecule has 1 aromatic rings. The van der Waals surface area contributed by atoms with Gasteiger partial charge >= 0.3 is 0 Å². The number of hydrogen-bond donors (Lipinski definition) is 3. The van der Waals surface area contributed by atoms with Gasteiger partial charge in [-0.1, -0.05) is 23.8 Å².